The highest BCUT2D eigenvalue weighted by Crippen LogP contribution is 2.28. The van der Waals surface area contributed by atoms with Crippen molar-refractivity contribution in [1.82, 2.24) is 0 Å². The molecule has 0 saturated carbocycles. The molecule has 2 rings (SSSR count). The lowest BCUT2D eigenvalue weighted by atomic mass is 9.89. The summed E-state index contributed by atoms with van der Waals surface area (Å²) in [5.41, 5.74) is 6.81. The highest BCUT2D eigenvalue weighted by Gasteiger charge is 2.30. The Hall–Kier alpha value is -1.51. The first-order valence-electron chi connectivity index (χ1n) is 6.12. The molecular weight excluding hydrogens is 212 g/mol. The topological polar surface area (TPSA) is 47.6 Å². The molecule has 92 valence electrons. The van der Waals surface area contributed by atoms with E-state index >= 15 is 0 Å². The summed E-state index contributed by atoms with van der Waals surface area (Å²) >= 11 is 0. The summed E-state index contributed by atoms with van der Waals surface area (Å²) in [6, 6.07) is 10.9. The average Bonchev–Trinajstić information content (AvgIpc) is 2.68. The van der Waals surface area contributed by atoms with Crippen molar-refractivity contribution in [3.8, 4) is 0 Å². The number of nitrogens with two attached hydrogens (primary N) is 1. The third-order valence-corrected chi connectivity index (χ3v) is 3.40. The lowest BCUT2D eigenvalue weighted by Gasteiger charge is -2.20. The third-order valence-electron chi connectivity index (χ3n) is 3.40. The molecule has 0 aromatic heterocycles. The van der Waals surface area contributed by atoms with Crippen molar-refractivity contribution in [2.75, 3.05) is 6.61 Å². The van der Waals surface area contributed by atoms with E-state index < -0.39 is 0 Å². The monoisotopic (exact) mass is 232 g/mol. The van der Waals surface area contributed by atoms with Crippen molar-refractivity contribution in [3.05, 3.63) is 35.9 Å². The highest BCUT2D eigenvalue weighted by atomic mass is 16.5. The molecule has 1 aromatic carbocycles. The first kappa shape index (κ1) is 12.0. The van der Waals surface area contributed by atoms with Gasteiger partial charge >= 0.3 is 0 Å². The fourth-order valence-electron chi connectivity index (χ4n) is 2.16. The molecule has 2 N–H and O–H groups in total. The van der Waals surface area contributed by atoms with Crippen molar-refractivity contribution in [1.29, 1.82) is 0 Å². The number of hydrogen-bond donors (Lipinski definition) is 1. The second kappa shape index (κ2) is 4.78. The van der Waals surface area contributed by atoms with E-state index in [1.54, 1.807) is 0 Å². The van der Waals surface area contributed by atoms with Gasteiger partial charge in [-0.25, -0.2) is 4.99 Å². The summed E-state index contributed by atoms with van der Waals surface area (Å²) < 4.78 is 5.23. The van der Waals surface area contributed by atoms with Gasteiger partial charge in [0, 0.05) is 0 Å². The molecule has 1 heterocycles. The smallest absolute Gasteiger partial charge is 0.282 e. The van der Waals surface area contributed by atoms with E-state index in [-0.39, 0.29) is 5.54 Å². The van der Waals surface area contributed by atoms with Crippen LogP contribution in [-0.4, -0.2) is 18.2 Å². The number of hydrogen-bond acceptors (Lipinski definition) is 3. The lowest BCUT2D eigenvalue weighted by molar-refractivity contribution is 0.250. The van der Waals surface area contributed by atoms with Gasteiger partial charge in [0.1, 0.15) is 6.61 Å². The minimum absolute atomic E-state index is 0.132. The molecule has 0 aliphatic carbocycles. The predicted molar refractivity (Wildman–Crippen MR) is 70.1 cm³/mol. The zero-order valence-corrected chi connectivity index (χ0v) is 10.5. The Balaban J connectivity index is 1.91. The van der Waals surface area contributed by atoms with Crippen LogP contribution in [0, 0.1) is 0 Å². The maximum atomic E-state index is 5.56. The van der Waals surface area contributed by atoms with Crippen LogP contribution in [0.4, 0.5) is 0 Å². The van der Waals surface area contributed by atoms with Gasteiger partial charge in [-0.3, -0.25) is 0 Å². The summed E-state index contributed by atoms with van der Waals surface area (Å²) in [6.07, 6.45) is 2.10. The lowest BCUT2D eigenvalue weighted by Crippen LogP contribution is -2.24. The van der Waals surface area contributed by atoms with Gasteiger partial charge in [0.25, 0.3) is 6.02 Å². The van der Waals surface area contributed by atoms with Gasteiger partial charge in [-0.15, -0.1) is 0 Å². The summed E-state index contributed by atoms with van der Waals surface area (Å²) in [7, 11) is 0. The van der Waals surface area contributed by atoms with E-state index in [1.165, 1.54) is 5.56 Å². The number of benzene rings is 1. The second-order valence-electron chi connectivity index (χ2n) is 5.09. The van der Waals surface area contributed by atoms with E-state index in [9.17, 15) is 0 Å². The van der Waals surface area contributed by atoms with Crippen LogP contribution >= 0.6 is 0 Å². The highest BCUT2D eigenvalue weighted by molar-refractivity contribution is 5.73. The second-order valence-corrected chi connectivity index (χ2v) is 5.09. The fraction of sp³-hybridized carbons (Fsp3) is 0.500. The Morgan fingerprint density at radius 3 is 2.71 bits per heavy atom. The van der Waals surface area contributed by atoms with Crippen LogP contribution in [0.5, 0.6) is 0 Å². The minimum Gasteiger partial charge on any atom is -0.463 e. The van der Waals surface area contributed by atoms with Crippen LogP contribution in [0.2, 0.25) is 0 Å². The van der Waals surface area contributed by atoms with Crippen molar-refractivity contribution in [2.45, 2.75) is 38.1 Å². The summed E-state index contributed by atoms with van der Waals surface area (Å²) in [5, 5.41) is 0. The molecule has 1 aliphatic rings. The van der Waals surface area contributed by atoms with Gasteiger partial charge in [0.2, 0.25) is 0 Å². The van der Waals surface area contributed by atoms with Gasteiger partial charge < -0.3 is 10.5 Å². The summed E-state index contributed by atoms with van der Waals surface area (Å²) in [4.78, 5) is 4.36. The molecule has 0 saturated heterocycles. The van der Waals surface area contributed by atoms with Crippen molar-refractivity contribution in [3.63, 3.8) is 0 Å². The molecule has 0 radical (unpaired) electrons. The van der Waals surface area contributed by atoms with Gasteiger partial charge in [0.15, 0.2) is 0 Å². The quantitative estimate of drug-likeness (QED) is 0.867. The molecule has 17 heavy (non-hydrogen) atoms. The van der Waals surface area contributed by atoms with Crippen molar-refractivity contribution >= 4 is 6.02 Å². The molecule has 0 bridgehead atoms. The zero-order chi connectivity index (χ0) is 12.3. The SMILES string of the molecule is CC(CCC1(C)COC(N)=N1)c1ccccc1. The molecule has 3 nitrogen and oxygen atoms in total. The Bertz CT molecular complexity index is 402. The Morgan fingerprint density at radius 1 is 1.41 bits per heavy atom. The van der Waals surface area contributed by atoms with Crippen LogP contribution < -0.4 is 5.73 Å². The summed E-state index contributed by atoms with van der Waals surface area (Å²) in [6.45, 7) is 4.96. The van der Waals surface area contributed by atoms with E-state index in [4.69, 9.17) is 10.5 Å². The third kappa shape index (κ3) is 2.99. The normalized spacial score (nSPS) is 25.2. The predicted octanol–water partition coefficient (Wildman–Crippen LogP) is 2.67. The number of amidine groups is 1. The number of nitrogens with zero attached hydrogens (tertiary/aromatic N) is 1. The van der Waals surface area contributed by atoms with Crippen molar-refractivity contribution in [2.24, 2.45) is 10.7 Å². The number of aliphatic imine (C=N–C) groups is 1. The van der Waals surface area contributed by atoms with Gasteiger partial charge in [-0.05, 0) is 31.2 Å². The van der Waals surface area contributed by atoms with Crippen LogP contribution in [0.3, 0.4) is 0 Å². The maximum absolute atomic E-state index is 5.56. The van der Waals surface area contributed by atoms with Crippen LogP contribution in [0.1, 0.15) is 38.2 Å². The number of rotatable bonds is 4. The molecule has 1 aromatic rings. The van der Waals surface area contributed by atoms with E-state index in [1.807, 2.05) is 6.07 Å². The zero-order valence-electron chi connectivity index (χ0n) is 10.5. The molecule has 0 spiro atoms. The Morgan fingerprint density at radius 2 is 2.12 bits per heavy atom. The first-order valence-corrected chi connectivity index (χ1v) is 6.12. The molecule has 2 atom stereocenters. The van der Waals surface area contributed by atoms with Gasteiger partial charge in [0.05, 0.1) is 5.54 Å². The van der Waals surface area contributed by atoms with Crippen LogP contribution in [-0.2, 0) is 4.74 Å². The molecule has 0 fully saturated rings. The first-order chi connectivity index (χ1) is 8.09. The number of ether oxygens (including phenoxy) is 1. The minimum atomic E-state index is -0.132. The average molecular weight is 232 g/mol. The Kier molecular flexibility index (Phi) is 3.36. The van der Waals surface area contributed by atoms with Gasteiger partial charge in [-0.2, -0.15) is 0 Å². The van der Waals surface area contributed by atoms with Crippen LogP contribution in [0.15, 0.2) is 35.3 Å². The van der Waals surface area contributed by atoms with Gasteiger partial charge in [-0.1, -0.05) is 37.3 Å². The molecule has 3 heteroatoms. The van der Waals surface area contributed by atoms with Crippen LogP contribution in [0.25, 0.3) is 0 Å². The van der Waals surface area contributed by atoms with E-state index in [2.05, 4.69) is 43.1 Å². The molecule has 1 aliphatic heterocycles. The largest absolute Gasteiger partial charge is 0.463 e. The van der Waals surface area contributed by atoms with E-state index in [0.29, 0.717) is 18.5 Å². The maximum Gasteiger partial charge on any atom is 0.282 e. The fourth-order valence-corrected chi connectivity index (χ4v) is 2.16. The van der Waals surface area contributed by atoms with E-state index in [0.717, 1.165) is 12.8 Å². The standard InChI is InChI=1S/C14H20N2O/c1-11(12-6-4-3-5-7-12)8-9-14(2)10-17-13(15)16-14/h3-7,11H,8-10H2,1-2H3,(H2,15,16). The molecular formula is C14H20N2O. The summed E-state index contributed by atoms with van der Waals surface area (Å²) in [5.74, 6) is 0.546. The van der Waals surface area contributed by atoms with Crippen molar-refractivity contribution < 1.29 is 4.74 Å². The Labute approximate surface area is 103 Å². The molecule has 2 unspecified atom stereocenters. The molecule has 0 amide bonds.